The molecule has 2 fully saturated rings. The van der Waals surface area contributed by atoms with Gasteiger partial charge in [-0.2, -0.15) is 0 Å². The summed E-state index contributed by atoms with van der Waals surface area (Å²) in [6, 6.07) is 4.04. The number of amides is 1. The zero-order valence-electron chi connectivity index (χ0n) is 16.1. The highest BCUT2D eigenvalue weighted by Crippen LogP contribution is 2.23. The van der Waals surface area contributed by atoms with Crippen LogP contribution in [0.3, 0.4) is 0 Å². The highest BCUT2D eigenvalue weighted by molar-refractivity contribution is 5.91. The van der Waals surface area contributed by atoms with Crippen LogP contribution in [0, 0.1) is 0 Å². The van der Waals surface area contributed by atoms with Crippen LogP contribution in [0.1, 0.15) is 61.3 Å². The van der Waals surface area contributed by atoms with Gasteiger partial charge in [0.05, 0.1) is 12.9 Å². The number of piperidine rings is 1. The Bertz CT molecular complexity index is 716. The first-order chi connectivity index (χ1) is 13.3. The van der Waals surface area contributed by atoms with Gasteiger partial charge in [0.1, 0.15) is 5.76 Å². The Balaban J connectivity index is 1.41. The molecule has 1 amide bonds. The highest BCUT2D eigenvalue weighted by atomic mass is 16.4. The summed E-state index contributed by atoms with van der Waals surface area (Å²) in [6.07, 6.45) is 14.1. The lowest BCUT2D eigenvalue weighted by molar-refractivity contribution is 0.0514. The Morgan fingerprint density at radius 3 is 2.67 bits per heavy atom. The molecule has 4 rings (SSSR count). The molecule has 0 saturated carbocycles. The quantitative estimate of drug-likeness (QED) is 0.809. The van der Waals surface area contributed by atoms with E-state index in [-0.39, 0.29) is 5.91 Å². The molecule has 27 heavy (non-hydrogen) atoms. The lowest BCUT2D eigenvalue weighted by Crippen LogP contribution is -2.49. The molecular weight excluding hydrogens is 340 g/mol. The van der Waals surface area contributed by atoms with Crippen LogP contribution in [0.2, 0.25) is 0 Å². The van der Waals surface area contributed by atoms with Gasteiger partial charge in [-0.15, -0.1) is 0 Å². The van der Waals surface area contributed by atoms with Gasteiger partial charge in [0.2, 0.25) is 0 Å². The summed E-state index contributed by atoms with van der Waals surface area (Å²) in [5, 5.41) is 0. The van der Waals surface area contributed by atoms with E-state index in [1.54, 1.807) is 12.5 Å². The minimum Gasteiger partial charge on any atom is -0.454 e. The van der Waals surface area contributed by atoms with E-state index < -0.39 is 0 Å². The molecule has 6 nitrogen and oxygen atoms in total. The maximum absolute atomic E-state index is 13.1. The number of furan rings is 1. The molecule has 0 N–H and O–H groups in total. The summed E-state index contributed by atoms with van der Waals surface area (Å²) < 4.78 is 7.82. The third-order valence-corrected chi connectivity index (χ3v) is 5.83. The van der Waals surface area contributed by atoms with Gasteiger partial charge in [-0.05, 0) is 57.3 Å². The zero-order chi connectivity index (χ0) is 18.5. The smallest absolute Gasteiger partial charge is 0.289 e. The van der Waals surface area contributed by atoms with E-state index in [9.17, 15) is 4.79 Å². The van der Waals surface area contributed by atoms with Crippen molar-refractivity contribution in [3.63, 3.8) is 0 Å². The van der Waals surface area contributed by atoms with Crippen molar-refractivity contribution in [3.8, 4) is 0 Å². The molecule has 0 radical (unpaired) electrons. The molecule has 2 saturated heterocycles. The van der Waals surface area contributed by atoms with E-state index in [4.69, 9.17) is 4.42 Å². The van der Waals surface area contributed by atoms with Crippen LogP contribution in [0.4, 0.5) is 0 Å². The van der Waals surface area contributed by atoms with E-state index >= 15 is 0 Å². The lowest BCUT2D eigenvalue weighted by atomic mass is 10.0. The summed E-state index contributed by atoms with van der Waals surface area (Å²) in [4.78, 5) is 21.8. The molecule has 0 aromatic carbocycles. The minimum atomic E-state index is 0.0476. The van der Waals surface area contributed by atoms with E-state index in [1.165, 1.54) is 45.2 Å². The second-order valence-corrected chi connectivity index (χ2v) is 7.86. The first kappa shape index (κ1) is 18.3. The maximum Gasteiger partial charge on any atom is 0.289 e. The summed E-state index contributed by atoms with van der Waals surface area (Å²) in [5.41, 5.74) is 0. The van der Waals surface area contributed by atoms with Crippen molar-refractivity contribution in [3.05, 3.63) is 42.4 Å². The second-order valence-electron chi connectivity index (χ2n) is 7.86. The first-order valence-corrected chi connectivity index (χ1v) is 10.4. The summed E-state index contributed by atoms with van der Waals surface area (Å²) >= 11 is 0. The Labute approximate surface area is 161 Å². The van der Waals surface area contributed by atoms with Crippen LogP contribution in [-0.4, -0.2) is 57.5 Å². The SMILES string of the molecule is O=C(c1ccc(Cn2ccnc2)o1)N1CCCC[C@@H]1CN1CCCCCC1. The van der Waals surface area contributed by atoms with Crippen molar-refractivity contribution in [2.24, 2.45) is 0 Å². The Kier molecular flexibility index (Phi) is 5.92. The number of imidazole rings is 1. The summed E-state index contributed by atoms with van der Waals surface area (Å²) in [7, 11) is 0. The van der Waals surface area contributed by atoms with Crippen molar-refractivity contribution in [1.29, 1.82) is 0 Å². The fraction of sp³-hybridized carbons (Fsp3) is 0.619. The normalized spacial score (nSPS) is 21.9. The van der Waals surface area contributed by atoms with E-state index in [0.717, 1.165) is 31.7 Å². The number of hydrogen-bond donors (Lipinski definition) is 0. The molecule has 2 aromatic rings. The molecule has 1 atom stereocenters. The lowest BCUT2D eigenvalue weighted by Gasteiger charge is -2.38. The van der Waals surface area contributed by atoms with Gasteiger partial charge in [0.25, 0.3) is 5.91 Å². The van der Waals surface area contributed by atoms with Crippen LogP contribution in [0.5, 0.6) is 0 Å². The number of rotatable bonds is 5. The van der Waals surface area contributed by atoms with E-state index in [2.05, 4.69) is 14.8 Å². The molecule has 6 heteroatoms. The summed E-state index contributed by atoms with van der Waals surface area (Å²) in [6.45, 7) is 4.80. The monoisotopic (exact) mass is 370 g/mol. The maximum atomic E-state index is 13.1. The predicted octanol–water partition coefficient (Wildman–Crippen LogP) is 3.40. The predicted molar refractivity (Wildman–Crippen MR) is 104 cm³/mol. The molecule has 4 heterocycles. The van der Waals surface area contributed by atoms with E-state index in [1.807, 2.05) is 22.9 Å². The highest BCUT2D eigenvalue weighted by Gasteiger charge is 2.30. The van der Waals surface area contributed by atoms with Gasteiger partial charge in [0.15, 0.2) is 5.76 Å². The number of carbonyl (C=O) groups is 1. The number of likely N-dealkylation sites (tertiary alicyclic amines) is 2. The van der Waals surface area contributed by atoms with Crippen molar-refractivity contribution < 1.29 is 9.21 Å². The van der Waals surface area contributed by atoms with Crippen molar-refractivity contribution >= 4 is 5.91 Å². The van der Waals surface area contributed by atoms with Crippen LogP contribution < -0.4 is 0 Å². The number of aromatic nitrogens is 2. The largest absolute Gasteiger partial charge is 0.454 e. The second kappa shape index (κ2) is 8.74. The first-order valence-electron chi connectivity index (χ1n) is 10.4. The third-order valence-electron chi connectivity index (χ3n) is 5.83. The van der Waals surface area contributed by atoms with Crippen molar-refractivity contribution in [1.82, 2.24) is 19.4 Å². The minimum absolute atomic E-state index is 0.0476. The van der Waals surface area contributed by atoms with Gasteiger partial charge in [-0.3, -0.25) is 4.79 Å². The standard InChI is InChI=1S/C21H30N4O2/c26-21(20-9-8-19(27-20)16-24-14-10-22-17-24)25-13-6-3-7-18(25)15-23-11-4-1-2-5-12-23/h8-10,14,17-18H,1-7,11-13,15-16H2/t18-/m1/s1. The van der Waals surface area contributed by atoms with Crippen LogP contribution >= 0.6 is 0 Å². The number of nitrogens with zero attached hydrogens (tertiary/aromatic N) is 4. The molecule has 2 aromatic heterocycles. The fourth-order valence-corrected chi connectivity index (χ4v) is 4.35. The Morgan fingerprint density at radius 1 is 1.07 bits per heavy atom. The summed E-state index contributed by atoms with van der Waals surface area (Å²) in [5.74, 6) is 1.30. The van der Waals surface area contributed by atoms with Gasteiger partial charge >= 0.3 is 0 Å². The topological polar surface area (TPSA) is 54.5 Å². The van der Waals surface area contributed by atoms with Crippen LogP contribution in [-0.2, 0) is 6.54 Å². The molecule has 0 unspecified atom stereocenters. The molecule has 0 spiro atoms. The molecule has 2 aliphatic rings. The molecule has 2 aliphatic heterocycles. The van der Waals surface area contributed by atoms with Gasteiger partial charge in [-0.25, -0.2) is 4.98 Å². The Hall–Kier alpha value is -2.08. The van der Waals surface area contributed by atoms with Crippen molar-refractivity contribution in [2.75, 3.05) is 26.2 Å². The number of hydrogen-bond acceptors (Lipinski definition) is 4. The van der Waals surface area contributed by atoms with E-state index in [0.29, 0.717) is 18.3 Å². The Morgan fingerprint density at radius 2 is 1.89 bits per heavy atom. The van der Waals surface area contributed by atoms with Crippen LogP contribution in [0.25, 0.3) is 0 Å². The van der Waals surface area contributed by atoms with Gasteiger partial charge < -0.3 is 18.8 Å². The molecular formula is C21H30N4O2. The van der Waals surface area contributed by atoms with Gasteiger partial charge in [0, 0.05) is 31.5 Å². The van der Waals surface area contributed by atoms with Crippen LogP contribution in [0.15, 0.2) is 35.3 Å². The molecule has 146 valence electrons. The average molecular weight is 370 g/mol. The fourth-order valence-electron chi connectivity index (χ4n) is 4.35. The van der Waals surface area contributed by atoms with Gasteiger partial charge in [-0.1, -0.05) is 12.8 Å². The third kappa shape index (κ3) is 4.61. The molecule has 0 aliphatic carbocycles. The number of carbonyl (C=O) groups excluding carboxylic acids is 1. The molecule has 0 bridgehead atoms. The average Bonchev–Trinajstić information content (AvgIpc) is 3.30. The zero-order valence-corrected chi connectivity index (χ0v) is 16.1. The van der Waals surface area contributed by atoms with Crippen molar-refractivity contribution in [2.45, 2.75) is 57.5 Å².